The number of ether oxygens (including phenoxy) is 4. The molecule has 0 radical (unpaired) electrons. The fourth-order valence-electron chi connectivity index (χ4n) is 4.86. The Morgan fingerprint density at radius 1 is 0.844 bits per heavy atom. The zero-order valence-corrected chi connectivity index (χ0v) is 22.5. The van der Waals surface area contributed by atoms with Crippen molar-refractivity contribution in [2.45, 2.75) is 49.6 Å². The number of aromatic nitrogens is 4. The lowest BCUT2D eigenvalue weighted by Gasteiger charge is -2.15. The topological polar surface area (TPSA) is 74.4 Å². The fourth-order valence-corrected chi connectivity index (χ4v) is 6.26. The van der Waals surface area contributed by atoms with Gasteiger partial charge in [-0.05, 0) is 47.9 Å². The normalized spacial score (nSPS) is 30.1. The van der Waals surface area contributed by atoms with Crippen LogP contribution in [-0.2, 0) is 18.9 Å². The van der Waals surface area contributed by atoms with E-state index in [2.05, 4.69) is 76.9 Å². The van der Waals surface area contributed by atoms with Crippen molar-refractivity contribution in [3.05, 3.63) is 30.9 Å². The van der Waals surface area contributed by atoms with Crippen LogP contribution in [0.25, 0.3) is 0 Å². The number of hydrogen-bond donors (Lipinski definition) is 1. The van der Waals surface area contributed by atoms with Crippen molar-refractivity contribution in [1.82, 2.24) is 14.9 Å². The highest BCUT2D eigenvalue weighted by molar-refractivity contribution is 14.1. The number of nitrogens with one attached hydrogen (secondary N) is 1. The first-order valence-corrected chi connectivity index (χ1v) is 13.7. The molecule has 8 nitrogen and oxygen atoms in total. The molecule has 1 N–H and O–H groups in total. The van der Waals surface area contributed by atoms with E-state index >= 15 is 0 Å². The van der Waals surface area contributed by atoms with Crippen LogP contribution in [-0.4, -0.2) is 67.7 Å². The highest BCUT2D eigenvalue weighted by Gasteiger charge is 2.32. The molecule has 4 atom stereocenters. The van der Waals surface area contributed by atoms with Crippen LogP contribution in [0.15, 0.2) is 12.1 Å². The molecule has 4 unspecified atom stereocenters. The number of nitrogens with zero attached hydrogens (tertiary/aromatic N) is 3. The summed E-state index contributed by atoms with van der Waals surface area (Å²) in [6.07, 6.45) is 4.45. The standard InChI is InChI=1S/2C11H15IN2O2/c12-11-5-10(8-1-3-15-6-8)14(13-11)9-2-4-16-7-9;12-11-5-10(8-1-3-15-6-8)13-14(11)9-2-4-16-7-9/h2*5,8-9H,1-4,6-7H2/p+1. The van der Waals surface area contributed by atoms with Crippen molar-refractivity contribution < 1.29 is 23.6 Å². The van der Waals surface area contributed by atoms with E-state index in [4.69, 9.17) is 18.9 Å². The molecule has 2 aromatic rings. The van der Waals surface area contributed by atoms with Gasteiger partial charge in [0.25, 0.3) is 3.70 Å². The van der Waals surface area contributed by atoms with E-state index in [-0.39, 0.29) is 0 Å². The summed E-state index contributed by atoms with van der Waals surface area (Å²) in [4.78, 5) is 0. The van der Waals surface area contributed by atoms with Gasteiger partial charge in [-0.15, -0.1) is 0 Å². The molecule has 4 aliphatic rings. The molecule has 2 aromatic heterocycles. The predicted octanol–water partition coefficient (Wildman–Crippen LogP) is 3.33. The van der Waals surface area contributed by atoms with Gasteiger partial charge in [-0.3, -0.25) is 4.68 Å². The SMILES string of the molecule is Ic1cc(C2CCOC2)[nH][n+]1C1CCOC1.Ic1cc(C2CCOC2)n(C2CCOC2)n1. The molecule has 4 aliphatic heterocycles. The molecule has 6 heterocycles. The Morgan fingerprint density at radius 3 is 2.19 bits per heavy atom. The van der Waals surface area contributed by atoms with Crippen LogP contribution in [0.2, 0.25) is 0 Å². The van der Waals surface area contributed by atoms with Crippen LogP contribution in [0.1, 0.15) is 61.0 Å². The van der Waals surface area contributed by atoms with Crippen LogP contribution >= 0.6 is 45.2 Å². The van der Waals surface area contributed by atoms with Gasteiger partial charge in [-0.1, -0.05) is 4.68 Å². The second-order valence-electron chi connectivity index (χ2n) is 8.90. The molecule has 0 amide bonds. The summed E-state index contributed by atoms with van der Waals surface area (Å²) in [5.41, 5.74) is 2.64. The van der Waals surface area contributed by atoms with E-state index in [1.807, 2.05) is 0 Å². The zero-order chi connectivity index (χ0) is 21.9. The minimum absolute atomic E-state index is 0.430. The van der Waals surface area contributed by atoms with Gasteiger partial charge in [0.15, 0.2) is 0 Å². The Morgan fingerprint density at radius 2 is 1.53 bits per heavy atom. The van der Waals surface area contributed by atoms with Crippen LogP contribution in [0.3, 0.4) is 0 Å². The molecule has 176 valence electrons. The minimum atomic E-state index is 0.430. The first-order chi connectivity index (χ1) is 15.7. The van der Waals surface area contributed by atoms with Crippen molar-refractivity contribution in [3.63, 3.8) is 0 Å². The van der Waals surface area contributed by atoms with Gasteiger partial charge < -0.3 is 18.9 Å². The molecule has 0 bridgehead atoms. The third-order valence-corrected chi connectivity index (χ3v) is 8.09. The maximum Gasteiger partial charge on any atom is 0.267 e. The second kappa shape index (κ2) is 11.0. The van der Waals surface area contributed by atoms with E-state index in [1.165, 1.54) is 15.1 Å². The van der Waals surface area contributed by atoms with Gasteiger partial charge >= 0.3 is 0 Å². The molecule has 0 aromatic carbocycles. The van der Waals surface area contributed by atoms with Gasteiger partial charge in [0.1, 0.15) is 10.3 Å². The summed E-state index contributed by atoms with van der Waals surface area (Å²) >= 11 is 4.68. The average molecular weight is 669 g/mol. The molecule has 0 spiro atoms. The summed E-state index contributed by atoms with van der Waals surface area (Å²) in [6.45, 7) is 6.87. The van der Waals surface area contributed by atoms with Crippen LogP contribution < -0.4 is 4.68 Å². The lowest BCUT2D eigenvalue weighted by atomic mass is 10.0. The van der Waals surface area contributed by atoms with E-state index in [0.717, 1.165) is 82.2 Å². The summed E-state index contributed by atoms with van der Waals surface area (Å²) in [5, 5.41) is 8.12. The smallest absolute Gasteiger partial charge is 0.267 e. The number of rotatable bonds is 4. The van der Waals surface area contributed by atoms with Gasteiger partial charge in [0.2, 0.25) is 6.04 Å². The summed E-state index contributed by atoms with van der Waals surface area (Å²) in [5.74, 6) is 1.08. The van der Waals surface area contributed by atoms with E-state index < -0.39 is 0 Å². The highest BCUT2D eigenvalue weighted by atomic mass is 127. The first-order valence-electron chi connectivity index (χ1n) is 11.5. The fraction of sp³-hybridized carbons (Fsp3) is 0.727. The molecule has 32 heavy (non-hydrogen) atoms. The number of halogens is 2. The van der Waals surface area contributed by atoms with Crippen molar-refractivity contribution in [1.29, 1.82) is 0 Å². The molecule has 6 rings (SSSR count). The van der Waals surface area contributed by atoms with Crippen LogP contribution in [0.4, 0.5) is 0 Å². The molecule has 0 saturated carbocycles. The van der Waals surface area contributed by atoms with Gasteiger partial charge in [0.05, 0.1) is 38.2 Å². The largest absolute Gasteiger partial charge is 0.381 e. The van der Waals surface area contributed by atoms with E-state index in [0.29, 0.717) is 23.9 Å². The molecular weight excluding hydrogens is 638 g/mol. The van der Waals surface area contributed by atoms with E-state index in [9.17, 15) is 0 Å². The predicted molar refractivity (Wildman–Crippen MR) is 134 cm³/mol. The molecular formula is C22H31I2N4O4+. The van der Waals surface area contributed by atoms with Crippen molar-refractivity contribution in [2.24, 2.45) is 0 Å². The Labute approximate surface area is 216 Å². The summed E-state index contributed by atoms with van der Waals surface area (Å²) in [7, 11) is 0. The Balaban J connectivity index is 0.000000135. The van der Waals surface area contributed by atoms with Crippen molar-refractivity contribution in [3.8, 4) is 0 Å². The Kier molecular flexibility index (Phi) is 8.05. The van der Waals surface area contributed by atoms with Gasteiger partial charge in [-0.25, -0.2) is 0 Å². The van der Waals surface area contributed by atoms with Crippen molar-refractivity contribution >= 4 is 45.2 Å². The summed E-state index contributed by atoms with van der Waals surface area (Å²) in [6, 6.07) is 5.36. The van der Waals surface area contributed by atoms with Crippen molar-refractivity contribution in [2.75, 3.05) is 52.9 Å². The van der Waals surface area contributed by atoms with Crippen LogP contribution in [0, 0.1) is 7.40 Å². The number of hydrogen-bond acceptors (Lipinski definition) is 5. The summed E-state index contributed by atoms with van der Waals surface area (Å²) < 4.78 is 28.5. The van der Waals surface area contributed by atoms with Gasteiger partial charge in [0, 0.05) is 72.4 Å². The van der Waals surface area contributed by atoms with Gasteiger partial charge in [-0.2, -0.15) is 10.2 Å². The number of H-pyrrole nitrogens is 1. The Bertz CT molecular complexity index is 847. The quantitative estimate of drug-likeness (QED) is 0.400. The average Bonchev–Trinajstić information content (AvgIpc) is 3.62. The highest BCUT2D eigenvalue weighted by Crippen LogP contribution is 2.30. The van der Waals surface area contributed by atoms with Crippen LogP contribution in [0.5, 0.6) is 0 Å². The molecule has 0 aliphatic carbocycles. The Hall–Kier alpha value is -0.280. The maximum absolute atomic E-state index is 5.46. The van der Waals surface area contributed by atoms with E-state index in [1.54, 1.807) is 0 Å². The third-order valence-electron chi connectivity index (χ3n) is 6.73. The maximum atomic E-state index is 5.46. The monoisotopic (exact) mass is 669 g/mol. The lowest BCUT2D eigenvalue weighted by molar-refractivity contribution is -0.782. The molecule has 4 fully saturated rings. The number of aromatic amines is 1. The molecule has 4 saturated heterocycles. The lowest BCUT2D eigenvalue weighted by Crippen LogP contribution is -2.44. The second-order valence-corrected chi connectivity index (χ2v) is 11.1. The molecule has 10 heteroatoms. The zero-order valence-electron chi connectivity index (χ0n) is 18.2. The third kappa shape index (κ3) is 5.35. The minimum Gasteiger partial charge on any atom is -0.381 e. The first kappa shape index (κ1) is 23.5.